The van der Waals surface area contributed by atoms with Crippen molar-refractivity contribution >= 4 is 17.6 Å². The van der Waals surface area contributed by atoms with Crippen LogP contribution in [0.15, 0.2) is 36.8 Å². The second kappa shape index (κ2) is 4.88. The van der Waals surface area contributed by atoms with E-state index < -0.39 is 11.8 Å². The average Bonchev–Trinajstić information content (AvgIpc) is 2.28. The number of carbonyl (C=O) groups excluding carboxylic acids is 1. The van der Waals surface area contributed by atoms with E-state index in [0.29, 0.717) is 0 Å². The standard InChI is InChI=1S/C11H6ClFN2O2/c12-7-3-8(13)5-9(4-7)17-11(16)10-1-2-14-6-15-10/h1-6H. The van der Waals surface area contributed by atoms with Gasteiger partial charge in [-0.05, 0) is 18.2 Å². The minimum absolute atomic E-state index is 0.0265. The zero-order valence-electron chi connectivity index (χ0n) is 8.43. The van der Waals surface area contributed by atoms with Gasteiger partial charge in [-0.25, -0.2) is 19.2 Å². The summed E-state index contributed by atoms with van der Waals surface area (Å²) in [4.78, 5) is 18.9. The molecule has 0 aliphatic rings. The zero-order chi connectivity index (χ0) is 12.3. The average molecular weight is 253 g/mol. The highest BCUT2D eigenvalue weighted by atomic mass is 35.5. The Balaban J connectivity index is 2.19. The second-order valence-corrected chi connectivity index (χ2v) is 3.53. The first kappa shape index (κ1) is 11.5. The fourth-order valence-electron chi connectivity index (χ4n) is 1.16. The molecule has 0 aliphatic carbocycles. The van der Waals surface area contributed by atoms with Crippen LogP contribution >= 0.6 is 11.6 Å². The molecule has 0 radical (unpaired) electrons. The van der Waals surface area contributed by atoms with Crippen LogP contribution in [0.5, 0.6) is 5.75 Å². The first-order valence-electron chi connectivity index (χ1n) is 4.59. The Morgan fingerprint density at radius 2 is 2.18 bits per heavy atom. The van der Waals surface area contributed by atoms with E-state index in [9.17, 15) is 9.18 Å². The zero-order valence-corrected chi connectivity index (χ0v) is 9.19. The van der Waals surface area contributed by atoms with E-state index in [4.69, 9.17) is 16.3 Å². The smallest absolute Gasteiger partial charge is 0.362 e. The van der Waals surface area contributed by atoms with Crippen LogP contribution in [0.1, 0.15) is 10.5 Å². The topological polar surface area (TPSA) is 52.1 Å². The van der Waals surface area contributed by atoms with Crippen molar-refractivity contribution in [2.24, 2.45) is 0 Å². The molecule has 0 N–H and O–H groups in total. The number of carbonyl (C=O) groups is 1. The quantitative estimate of drug-likeness (QED) is 0.609. The largest absolute Gasteiger partial charge is 0.422 e. The number of halogens is 2. The highest BCUT2D eigenvalue weighted by Gasteiger charge is 2.10. The van der Waals surface area contributed by atoms with E-state index in [-0.39, 0.29) is 16.5 Å². The lowest BCUT2D eigenvalue weighted by Gasteiger charge is -2.03. The summed E-state index contributed by atoms with van der Waals surface area (Å²) in [5.74, 6) is -1.25. The molecule has 0 fully saturated rings. The van der Waals surface area contributed by atoms with Crippen molar-refractivity contribution in [3.63, 3.8) is 0 Å². The molecule has 0 saturated carbocycles. The predicted molar refractivity (Wildman–Crippen MR) is 58.4 cm³/mol. The van der Waals surface area contributed by atoms with Crippen LogP contribution in [0, 0.1) is 5.82 Å². The molecule has 4 nitrogen and oxygen atoms in total. The fraction of sp³-hybridized carbons (Fsp3) is 0. The molecule has 6 heteroatoms. The first-order chi connectivity index (χ1) is 8.15. The van der Waals surface area contributed by atoms with Crippen LogP contribution in [-0.4, -0.2) is 15.9 Å². The molecule has 0 aliphatic heterocycles. The van der Waals surface area contributed by atoms with Gasteiger partial charge in [0.25, 0.3) is 0 Å². The summed E-state index contributed by atoms with van der Waals surface area (Å²) < 4.78 is 17.9. The summed E-state index contributed by atoms with van der Waals surface area (Å²) in [6.45, 7) is 0. The molecule has 1 heterocycles. The van der Waals surface area contributed by atoms with E-state index in [1.807, 2.05) is 0 Å². The Labute approximate surface area is 101 Å². The molecule has 0 spiro atoms. The number of benzene rings is 1. The Hall–Kier alpha value is -2.01. The highest BCUT2D eigenvalue weighted by Crippen LogP contribution is 2.20. The minimum Gasteiger partial charge on any atom is -0.422 e. The number of ether oxygens (including phenoxy) is 1. The highest BCUT2D eigenvalue weighted by molar-refractivity contribution is 6.30. The number of hydrogen-bond acceptors (Lipinski definition) is 4. The number of rotatable bonds is 2. The summed E-state index contributed by atoms with van der Waals surface area (Å²) in [5, 5.41) is 0.149. The van der Waals surface area contributed by atoms with Crippen LogP contribution < -0.4 is 4.74 Å². The van der Waals surface area contributed by atoms with E-state index in [1.54, 1.807) is 0 Å². The SMILES string of the molecule is O=C(Oc1cc(F)cc(Cl)c1)c1ccncn1. The normalized spacial score (nSPS) is 10.0. The Kier molecular flexibility index (Phi) is 3.30. The molecule has 1 aromatic heterocycles. The van der Waals surface area contributed by atoms with Gasteiger partial charge < -0.3 is 4.74 Å². The van der Waals surface area contributed by atoms with Crippen LogP contribution in [0.2, 0.25) is 5.02 Å². The lowest BCUT2D eigenvalue weighted by atomic mass is 10.3. The van der Waals surface area contributed by atoms with Gasteiger partial charge in [-0.2, -0.15) is 0 Å². The maximum absolute atomic E-state index is 13.0. The lowest BCUT2D eigenvalue weighted by molar-refractivity contribution is 0.0728. The molecular formula is C11H6ClFN2O2. The summed E-state index contributed by atoms with van der Waals surface area (Å²) in [7, 11) is 0. The molecule has 0 unspecified atom stereocenters. The Bertz CT molecular complexity index is 528. The molecule has 2 aromatic rings. The van der Waals surface area contributed by atoms with Crippen molar-refractivity contribution in [1.82, 2.24) is 9.97 Å². The number of nitrogens with zero attached hydrogens (tertiary/aromatic N) is 2. The van der Waals surface area contributed by atoms with Gasteiger partial charge in [0, 0.05) is 17.3 Å². The van der Waals surface area contributed by atoms with Gasteiger partial charge in [0.15, 0.2) is 5.69 Å². The second-order valence-electron chi connectivity index (χ2n) is 3.09. The minimum atomic E-state index is -0.700. The summed E-state index contributed by atoms with van der Waals surface area (Å²) in [6, 6.07) is 4.90. The third-order valence-corrected chi connectivity index (χ3v) is 2.06. The molecule has 0 amide bonds. The van der Waals surface area contributed by atoms with E-state index in [0.717, 1.165) is 12.1 Å². The molecular weight excluding hydrogens is 247 g/mol. The fourth-order valence-corrected chi connectivity index (χ4v) is 1.37. The molecule has 0 bridgehead atoms. The molecule has 1 aromatic carbocycles. The van der Waals surface area contributed by atoms with Gasteiger partial charge in [0.05, 0.1) is 0 Å². The monoisotopic (exact) mass is 252 g/mol. The molecule has 86 valence electrons. The van der Waals surface area contributed by atoms with Gasteiger partial charge in [-0.15, -0.1) is 0 Å². The maximum atomic E-state index is 13.0. The van der Waals surface area contributed by atoms with Gasteiger partial charge in [-0.1, -0.05) is 11.6 Å². The van der Waals surface area contributed by atoms with Crippen molar-refractivity contribution in [3.8, 4) is 5.75 Å². The van der Waals surface area contributed by atoms with E-state index in [2.05, 4.69) is 9.97 Å². The number of hydrogen-bond donors (Lipinski definition) is 0. The Morgan fingerprint density at radius 3 is 2.82 bits per heavy atom. The van der Waals surface area contributed by atoms with Gasteiger partial charge in [0.1, 0.15) is 17.9 Å². The molecule has 0 saturated heterocycles. The van der Waals surface area contributed by atoms with Crippen molar-refractivity contribution in [3.05, 3.63) is 53.3 Å². The lowest BCUT2D eigenvalue weighted by Crippen LogP contribution is -2.10. The first-order valence-corrected chi connectivity index (χ1v) is 4.97. The third-order valence-electron chi connectivity index (χ3n) is 1.84. The van der Waals surface area contributed by atoms with Crippen LogP contribution in [-0.2, 0) is 0 Å². The van der Waals surface area contributed by atoms with Crippen LogP contribution in [0.3, 0.4) is 0 Å². The van der Waals surface area contributed by atoms with E-state index in [1.165, 1.54) is 24.7 Å². The predicted octanol–water partition coefficient (Wildman–Crippen LogP) is 2.49. The van der Waals surface area contributed by atoms with Gasteiger partial charge in [0.2, 0.25) is 0 Å². The Morgan fingerprint density at radius 1 is 1.35 bits per heavy atom. The molecule has 0 atom stereocenters. The van der Waals surface area contributed by atoms with Crippen molar-refractivity contribution in [2.45, 2.75) is 0 Å². The van der Waals surface area contributed by atoms with Gasteiger partial charge >= 0.3 is 5.97 Å². The third kappa shape index (κ3) is 2.98. The number of esters is 1. The maximum Gasteiger partial charge on any atom is 0.362 e. The number of aromatic nitrogens is 2. The molecule has 17 heavy (non-hydrogen) atoms. The van der Waals surface area contributed by atoms with Gasteiger partial charge in [-0.3, -0.25) is 0 Å². The van der Waals surface area contributed by atoms with Crippen molar-refractivity contribution < 1.29 is 13.9 Å². The summed E-state index contributed by atoms with van der Waals surface area (Å²) in [5.41, 5.74) is 0.0837. The van der Waals surface area contributed by atoms with E-state index >= 15 is 0 Å². The van der Waals surface area contributed by atoms with Crippen LogP contribution in [0.4, 0.5) is 4.39 Å². The van der Waals surface area contributed by atoms with Crippen molar-refractivity contribution in [1.29, 1.82) is 0 Å². The summed E-state index contributed by atoms with van der Waals surface area (Å²) in [6.07, 6.45) is 2.62. The van der Waals surface area contributed by atoms with Crippen LogP contribution in [0.25, 0.3) is 0 Å². The molecule has 2 rings (SSSR count). The summed E-state index contributed by atoms with van der Waals surface area (Å²) >= 11 is 5.62. The van der Waals surface area contributed by atoms with Crippen molar-refractivity contribution in [2.75, 3.05) is 0 Å².